The number of hydrogen-bond donors (Lipinski definition) is 1. The van der Waals surface area contributed by atoms with Gasteiger partial charge in [-0.3, -0.25) is 4.55 Å². The quantitative estimate of drug-likeness (QED) is 0.405. The third kappa shape index (κ3) is 3.13. The van der Waals surface area contributed by atoms with Crippen molar-refractivity contribution in [3.63, 3.8) is 0 Å². The van der Waals surface area contributed by atoms with Crippen molar-refractivity contribution >= 4 is 27.8 Å². The molecular formula is C19H21FO6S2. The van der Waals surface area contributed by atoms with Crippen molar-refractivity contribution in [2.45, 2.75) is 35.9 Å². The zero-order valence-corrected chi connectivity index (χ0v) is 16.9. The van der Waals surface area contributed by atoms with E-state index >= 15 is 0 Å². The molecule has 2 heterocycles. The zero-order chi connectivity index (χ0) is 20.3. The number of esters is 1. The molecule has 2 aliphatic heterocycles. The number of rotatable bonds is 7. The Morgan fingerprint density at radius 3 is 2.75 bits per heavy atom. The van der Waals surface area contributed by atoms with Crippen LogP contribution in [0, 0.1) is 17.7 Å². The van der Waals surface area contributed by atoms with Crippen LogP contribution in [0.5, 0.6) is 5.75 Å². The fourth-order valence-corrected chi connectivity index (χ4v) is 7.26. The van der Waals surface area contributed by atoms with E-state index in [1.54, 1.807) is 0 Å². The molecule has 1 aromatic rings. The van der Waals surface area contributed by atoms with Crippen molar-refractivity contribution < 1.29 is 31.6 Å². The number of hydrogen-bond acceptors (Lipinski definition) is 6. The highest BCUT2D eigenvalue weighted by Gasteiger charge is 2.70. The van der Waals surface area contributed by atoms with E-state index in [1.807, 2.05) is 18.7 Å². The van der Waals surface area contributed by atoms with Crippen LogP contribution in [0.3, 0.4) is 0 Å². The molecule has 4 rings (SSSR count). The van der Waals surface area contributed by atoms with Crippen LogP contribution in [0.1, 0.15) is 30.1 Å². The number of fused-ring (bicyclic) bond motifs is 1. The minimum absolute atomic E-state index is 0.0381. The average Bonchev–Trinajstić information content (AvgIpc) is 3.03. The molecule has 0 radical (unpaired) electrons. The predicted molar refractivity (Wildman–Crippen MR) is 103 cm³/mol. The maximum Gasteiger partial charge on any atom is 0.338 e. The van der Waals surface area contributed by atoms with Crippen molar-refractivity contribution in [1.82, 2.24) is 0 Å². The first-order chi connectivity index (χ1) is 13.1. The van der Waals surface area contributed by atoms with Gasteiger partial charge in [-0.25, -0.2) is 9.18 Å². The van der Waals surface area contributed by atoms with E-state index in [0.29, 0.717) is 17.1 Å². The van der Waals surface area contributed by atoms with Gasteiger partial charge in [-0.1, -0.05) is 6.58 Å². The first-order valence-electron chi connectivity index (χ1n) is 9.04. The minimum Gasteiger partial charge on any atom is -0.478 e. The number of halogens is 1. The molecule has 0 amide bonds. The Balaban J connectivity index is 1.54. The Hall–Kier alpha value is -1.58. The number of thioether (sulfide) groups is 1. The SMILES string of the molecule is C=C(C)C1(Oc2cc(C(=O)OCCS(=O)(=O)O)ccc2F)C2CC3CC1C3S2. The van der Waals surface area contributed by atoms with Gasteiger partial charge in [0.25, 0.3) is 10.1 Å². The summed E-state index contributed by atoms with van der Waals surface area (Å²) in [6, 6.07) is 3.66. The highest BCUT2D eigenvalue weighted by molar-refractivity contribution is 8.01. The van der Waals surface area contributed by atoms with Crippen molar-refractivity contribution in [2.75, 3.05) is 12.4 Å². The largest absolute Gasteiger partial charge is 0.478 e. The second-order valence-electron chi connectivity index (χ2n) is 7.67. The maximum absolute atomic E-state index is 14.5. The lowest BCUT2D eigenvalue weighted by atomic mass is 9.56. The molecule has 152 valence electrons. The van der Waals surface area contributed by atoms with E-state index in [1.165, 1.54) is 12.1 Å². The van der Waals surface area contributed by atoms with Crippen LogP contribution in [0.15, 0.2) is 30.4 Å². The van der Waals surface area contributed by atoms with Crippen molar-refractivity contribution in [3.8, 4) is 5.75 Å². The number of ether oxygens (including phenoxy) is 2. The molecule has 6 nitrogen and oxygen atoms in total. The number of carbonyl (C=O) groups excluding carboxylic acids is 1. The van der Waals surface area contributed by atoms with Gasteiger partial charge in [0.05, 0.1) is 5.56 Å². The summed E-state index contributed by atoms with van der Waals surface area (Å²) < 4.78 is 55.7. The van der Waals surface area contributed by atoms with Crippen LogP contribution in [0.25, 0.3) is 0 Å². The standard InChI is InChI=1S/C19H21FO6S2/c1-10(2)19(13-7-12-9-16(19)27-17(12)13)26-15-8-11(3-4-14(15)20)18(21)25-5-6-28(22,23)24/h3-4,8,12-13,16-17H,1,5-7,9H2,2H3,(H,22,23,24). The number of benzene rings is 1. The Kier molecular flexibility index (Phi) is 4.75. The molecule has 9 heteroatoms. The summed E-state index contributed by atoms with van der Waals surface area (Å²) >= 11 is 1.89. The fourth-order valence-electron chi connectivity index (χ4n) is 4.65. The maximum atomic E-state index is 14.5. The molecule has 2 bridgehead atoms. The Bertz CT molecular complexity index is 940. The van der Waals surface area contributed by atoms with Crippen LogP contribution in [-0.4, -0.2) is 47.4 Å². The van der Waals surface area contributed by atoms with Crippen LogP contribution >= 0.6 is 11.8 Å². The first kappa shape index (κ1) is 19.7. The zero-order valence-electron chi connectivity index (χ0n) is 15.3. The lowest BCUT2D eigenvalue weighted by Crippen LogP contribution is -2.60. The Labute approximate surface area is 167 Å². The van der Waals surface area contributed by atoms with E-state index in [2.05, 4.69) is 6.58 Å². The van der Waals surface area contributed by atoms with Crippen molar-refractivity contribution in [3.05, 3.63) is 41.7 Å². The fraction of sp³-hybridized carbons (Fsp3) is 0.526. The molecular weight excluding hydrogens is 407 g/mol. The van der Waals surface area contributed by atoms with Crippen molar-refractivity contribution in [2.24, 2.45) is 11.8 Å². The average molecular weight is 429 g/mol. The van der Waals surface area contributed by atoms with Gasteiger partial charge in [-0.15, -0.1) is 11.8 Å². The van der Waals surface area contributed by atoms with Gasteiger partial charge in [0, 0.05) is 16.4 Å². The summed E-state index contributed by atoms with van der Waals surface area (Å²) in [5.74, 6) is -1.13. The van der Waals surface area contributed by atoms with E-state index in [0.717, 1.165) is 24.5 Å². The second-order valence-corrected chi connectivity index (χ2v) is 10.6. The van der Waals surface area contributed by atoms with Crippen molar-refractivity contribution in [1.29, 1.82) is 0 Å². The predicted octanol–water partition coefficient (Wildman–Crippen LogP) is 3.09. The highest BCUT2D eigenvalue weighted by Crippen LogP contribution is 2.70. The van der Waals surface area contributed by atoms with E-state index < -0.39 is 39.9 Å². The first-order valence-corrected chi connectivity index (χ1v) is 11.6. The number of carbonyl (C=O) groups is 1. The van der Waals surface area contributed by atoms with Crippen LogP contribution in [-0.2, 0) is 14.9 Å². The lowest BCUT2D eigenvalue weighted by Gasteiger charge is -2.53. The van der Waals surface area contributed by atoms with Gasteiger partial charge in [-0.2, -0.15) is 8.42 Å². The van der Waals surface area contributed by atoms with Crippen LogP contribution < -0.4 is 4.74 Å². The Morgan fingerprint density at radius 2 is 2.18 bits per heavy atom. The van der Waals surface area contributed by atoms with Gasteiger partial charge in [0.1, 0.15) is 18.0 Å². The third-order valence-electron chi connectivity index (χ3n) is 5.97. The minimum atomic E-state index is -4.23. The molecule has 3 aliphatic rings. The van der Waals surface area contributed by atoms with E-state index in [-0.39, 0.29) is 16.6 Å². The summed E-state index contributed by atoms with van der Waals surface area (Å²) in [7, 11) is -4.23. The summed E-state index contributed by atoms with van der Waals surface area (Å²) in [4.78, 5) is 12.1. The van der Waals surface area contributed by atoms with Gasteiger partial charge >= 0.3 is 5.97 Å². The molecule has 1 N–H and O–H groups in total. The summed E-state index contributed by atoms with van der Waals surface area (Å²) in [5, 5.41) is 0.752. The monoisotopic (exact) mass is 428 g/mol. The summed E-state index contributed by atoms with van der Waals surface area (Å²) in [6.45, 7) is 5.52. The lowest BCUT2D eigenvalue weighted by molar-refractivity contribution is -0.0461. The highest BCUT2D eigenvalue weighted by atomic mass is 32.2. The molecule has 3 fully saturated rings. The van der Waals surface area contributed by atoms with Gasteiger partial charge in [-0.05, 0) is 49.5 Å². The third-order valence-corrected chi connectivity index (χ3v) is 8.55. The molecule has 0 aromatic heterocycles. The molecule has 1 saturated carbocycles. The molecule has 5 atom stereocenters. The molecule has 28 heavy (non-hydrogen) atoms. The van der Waals surface area contributed by atoms with Gasteiger partial charge < -0.3 is 9.47 Å². The smallest absolute Gasteiger partial charge is 0.338 e. The van der Waals surface area contributed by atoms with Gasteiger partial charge in [0.2, 0.25) is 0 Å². The molecule has 0 spiro atoms. The van der Waals surface area contributed by atoms with Crippen LogP contribution in [0.4, 0.5) is 4.39 Å². The molecule has 5 unspecified atom stereocenters. The molecule has 1 aliphatic carbocycles. The molecule has 2 saturated heterocycles. The Morgan fingerprint density at radius 1 is 1.43 bits per heavy atom. The van der Waals surface area contributed by atoms with E-state index in [4.69, 9.17) is 14.0 Å². The van der Waals surface area contributed by atoms with Crippen LogP contribution in [0.2, 0.25) is 0 Å². The summed E-state index contributed by atoms with van der Waals surface area (Å²) in [5.41, 5.74) is 0.264. The van der Waals surface area contributed by atoms with Gasteiger partial charge in [0.15, 0.2) is 11.6 Å². The summed E-state index contributed by atoms with van der Waals surface area (Å²) in [6.07, 6.45) is 2.07. The molecule has 1 aromatic carbocycles. The topological polar surface area (TPSA) is 89.9 Å². The second kappa shape index (κ2) is 6.74. The normalized spacial score (nSPS) is 32.7. The van der Waals surface area contributed by atoms with E-state index in [9.17, 15) is 17.6 Å².